The number of rotatable bonds is 6. The van der Waals surface area contributed by atoms with E-state index in [4.69, 9.17) is 9.57 Å². The van der Waals surface area contributed by atoms with Crippen LogP contribution in [0.5, 0.6) is 17.2 Å². The van der Waals surface area contributed by atoms with Crippen LogP contribution < -0.4 is 9.57 Å². The lowest BCUT2D eigenvalue weighted by atomic mass is 9.48. The Labute approximate surface area is 215 Å². The summed E-state index contributed by atoms with van der Waals surface area (Å²) in [7, 11) is 0. The highest BCUT2D eigenvalue weighted by Crippen LogP contribution is 2.65. The van der Waals surface area contributed by atoms with Gasteiger partial charge in [-0.05, 0) is 62.2 Å². The molecule has 2 aliphatic carbocycles. The average molecular weight is 509 g/mol. The molecule has 36 heavy (non-hydrogen) atoms. The number of piperidine rings is 1. The van der Waals surface area contributed by atoms with Crippen LogP contribution in [0.4, 0.5) is 0 Å². The van der Waals surface area contributed by atoms with Crippen molar-refractivity contribution in [1.82, 2.24) is 9.96 Å². The summed E-state index contributed by atoms with van der Waals surface area (Å²) < 4.78 is 6.58. The van der Waals surface area contributed by atoms with Crippen molar-refractivity contribution >= 4 is 17.7 Å². The van der Waals surface area contributed by atoms with Crippen molar-refractivity contribution in [3.8, 4) is 17.2 Å². The van der Waals surface area contributed by atoms with Crippen LogP contribution in [0, 0.1) is 0 Å². The average Bonchev–Trinajstić information content (AvgIpc) is 3.22. The van der Waals surface area contributed by atoms with Crippen LogP contribution in [0.3, 0.4) is 0 Å². The summed E-state index contributed by atoms with van der Waals surface area (Å²) in [6.45, 7) is 6.91. The van der Waals surface area contributed by atoms with E-state index in [1.807, 2.05) is 42.7 Å². The fourth-order valence-corrected chi connectivity index (χ4v) is 7.92. The second-order valence-corrected chi connectivity index (χ2v) is 11.2. The van der Waals surface area contributed by atoms with Gasteiger partial charge in [0.25, 0.3) is 5.91 Å². The van der Waals surface area contributed by atoms with E-state index in [1.54, 1.807) is 17.8 Å². The van der Waals surface area contributed by atoms with Crippen LogP contribution in [-0.4, -0.2) is 69.2 Å². The fraction of sp³-hybridized carbons (Fsp3) is 0.464. The highest BCUT2D eigenvalue weighted by atomic mass is 32.2. The van der Waals surface area contributed by atoms with Crippen molar-refractivity contribution in [3.63, 3.8) is 0 Å². The van der Waals surface area contributed by atoms with Crippen LogP contribution in [0.25, 0.3) is 0 Å². The minimum absolute atomic E-state index is 0.0774. The molecule has 2 fully saturated rings. The third-order valence-corrected chi connectivity index (χ3v) is 9.56. The second kappa shape index (κ2) is 8.43. The molecule has 1 saturated heterocycles. The number of ether oxygens (including phenoxy) is 1. The summed E-state index contributed by atoms with van der Waals surface area (Å²) in [6, 6.07) is 10.8. The predicted molar refractivity (Wildman–Crippen MR) is 137 cm³/mol. The number of phenolic OH excluding ortho intramolecular Hbond substituents is 1. The van der Waals surface area contributed by atoms with E-state index in [2.05, 4.69) is 11.5 Å². The van der Waals surface area contributed by atoms with Crippen molar-refractivity contribution in [1.29, 1.82) is 0 Å². The number of benzene rings is 2. The maximum atomic E-state index is 13.0. The number of hydrogen-bond acceptors (Lipinski definition) is 7. The van der Waals surface area contributed by atoms with Crippen molar-refractivity contribution in [2.45, 2.75) is 66.7 Å². The maximum absolute atomic E-state index is 13.0. The largest absolute Gasteiger partial charge is 0.504 e. The number of hydroxylamine groups is 2. The van der Waals surface area contributed by atoms with Gasteiger partial charge in [0.15, 0.2) is 17.2 Å². The number of carbonyl (C=O) groups is 1. The number of aliphatic hydroxyl groups is 1. The maximum Gasteiger partial charge on any atom is 0.252 e. The van der Waals surface area contributed by atoms with Crippen LogP contribution in [0.1, 0.15) is 37.3 Å². The van der Waals surface area contributed by atoms with E-state index in [-0.39, 0.29) is 17.7 Å². The first-order chi connectivity index (χ1) is 17.4. The predicted octanol–water partition coefficient (Wildman–Crippen LogP) is 3.67. The second-order valence-electron chi connectivity index (χ2n) is 10.3. The zero-order valence-corrected chi connectivity index (χ0v) is 21.5. The van der Waals surface area contributed by atoms with Crippen molar-refractivity contribution in [2.75, 3.05) is 19.3 Å². The van der Waals surface area contributed by atoms with Crippen molar-refractivity contribution in [3.05, 3.63) is 60.2 Å². The molecule has 0 radical (unpaired) electrons. The van der Waals surface area contributed by atoms with Crippen LogP contribution in [-0.2, 0) is 16.6 Å². The zero-order valence-electron chi connectivity index (χ0n) is 20.6. The number of thioether (sulfide) groups is 1. The van der Waals surface area contributed by atoms with Gasteiger partial charge in [-0.25, -0.2) is 0 Å². The van der Waals surface area contributed by atoms with Gasteiger partial charge in [-0.2, -0.15) is 5.06 Å². The molecule has 5 atom stereocenters. The molecule has 7 nitrogen and oxygen atoms in total. The van der Waals surface area contributed by atoms with Gasteiger partial charge in [-0.3, -0.25) is 9.69 Å². The molecule has 190 valence electrons. The smallest absolute Gasteiger partial charge is 0.252 e. The van der Waals surface area contributed by atoms with E-state index in [0.29, 0.717) is 43.7 Å². The Morgan fingerprint density at radius 2 is 2.14 bits per heavy atom. The zero-order chi connectivity index (χ0) is 25.2. The Morgan fingerprint density at radius 3 is 2.89 bits per heavy atom. The molecule has 2 bridgehead atoms. The Balaban J connectivity index is 1.47. The van der Waals surface area contributed by atoms with Gasteiger partial charge >= 0.3 is 0 Å². The Bertz CT molecular complexity index is 1240. The van der Waals surface area contributed by atoms with Crippen molar-refractivity contribution < 1.29 is 24.6 Å². The molecule has 8 heteroatoms. The molecule has 2 aromatic rings. The normalized spacial score (nSPS) is 31.8. The molecular formula is C28H32N2O5S. The molecule has 2 aliphatic heterocycles. The summed E-state index contributed by atoms with van der Waals surface area (Å²) >= 11 is 1.55. The Hall–Kier alpha value is -2.68. The van der Waals surface area contributed by atoms with Gasteiger partial charge in [0, 0.05) is 25.1 Å². The van der Waals surface area contributed by atoms with Gasteiger partial charge < -0.3 is 19.8 Å². The van der Waals surface area contributed by atoms with Gasteiger partial charge in [-0.1, -0.05) is 24.3 Å². The number of carbonyl (C=O) groups excluding carboxylic acids is 1. The first kappa shape index (κ1) is 23.7. The number of nitrogens with zero attached hydrogens (tertiary/aromatic N) is 2. The van der Waals surface area contributed by atoms with E-state index in [1.165, 1.54) is 12.0 Å². The molecule has 0 aromatic heterocycles. The molecule has 2 heterocycles. The topological polar surface area (TPSA) is 82.5 Å². The minimum atomic E-state index is -1.05. The molecule has 1 spiro atoms. The number of likely N-dealkylation sites (tertiary alicyclic amines) is 1. The van der Waals surface area contributed by atoms with E-state index >= 15 is 0 Å². The van der Waals surface area contributed by atoms with Gasteiger partial charge in [-0.15, -0.1) is 18.3 Å². The Kier molecular flexibility index (Phi) is 5.55. The lowest BCUT2D eigenvalue weighted by molar-refractivity contribution is -0.224. The first-order valence-corrected chi connectivity index (χ1v) is 13.8. The summed E-state index contributed by atoms with van der Waals surface area (Å²) in [5, 5.41) is 24.8. The first-order valence-electron chi connectivity index (χ1n) is 12.6. The number of phenols is 1. The molecule has 1 saturated carbocycles. The SMILES string of the molecule is C=CCN1CC[C@]23c4c5ccc(O)c4O[C@H]2[C@@H](N(Oc2ccccc2SC)C(C)=O)CC[C@@]3(O)[C@H]1C5. The monoisotopic (exact) mass is 508 g/mol. The van der Waals surface area contributed by atoms with Gasteiger partial charge in [0.05, 0.1) is 15.9 Å². The van der Waals surface area contributed by atoms with E-state index < -0.39 is 23.2 Å². The molecule has 0 unspecified atom stereocenters. The summed E-state index contributed by atoms with van der Waals surface area (Å²) in [5.74, 6) is 0.915. The third kappa shape index (κ3) is 3.04. The van der Waals surface area contributed by atoms with Gasteiger partial charge in [0.2, 0.25) is 0 Å². The lowest BCUT2D eigenvalue weighted by Crippen LogP contribution is -2.78. The van der Waals surface area contributed by atoms with Gasteiger partial charge in [0.1, 0.15) is 12.1 Å². The molecule has 1 amide bonds. The number of amides is 1. The highest BCUT2D eigenvalue weighted by Gasteiger charge is 2.73. The quantitative estimate of drug-likeness (QED) is 0.350. The van der Waals surface area contributed by atoms with Crippen LogP contribution in [0.15, 0.2) is 53.9 Å². The Morgan fingerprint density at radius 1 is 1.33 bits per heavy atom. The number of hydrogen-bond donors (Lipinski definition) is 2. The van der Waals surface area contributed by atoms with Crippen LogP contribution in [0.2, 0.25) is 0 Å². The summed E-state index contributed by atoms with van der Waals surface area (Å²) in [4.78, 5) is 22.6. The summed E-state index contributed by atoms with van der Waals surface area (Å²) in [5.41, 5.74) is 0.219. The third-order valence-electron chi connectivity index (χ3n) is 8.78. The van der Waals surface area contributed by atoms with E-state index in [0.717, 1.165) is 22.6 Å². The summed E-state index contributed by atoms with van der Waals surface area (Å²) in [6.07, 6.45) is 5.68. The highest BCUT2D eigenvalue weighted by molar-refractivity contribution is 7.98. The molecule has 4 aliphatic rings. The van der Waals surface area contributed by atoms with E-state index in [9.17, 15) is 15.0 Å². The fourth-order valence-electron chi connectivity index (χ4n) is 7.39. The molecule has 2 aromatic carbocycles. The lowest BCUT2D eigenvalue weighted by Gasteiger charge is -2.64. The molecule has 2 N–H and O–H groups in total. The number of para-hydroxylation sites is 1. The molecular weight excluding hydrogens is 476 g/mol. The van der Waals surface area contributed by atoms with Crippen molar-refractivity contribution in [2.24, 2.45) is 0 Å². The standard InChI is InChI=1S/C28H32N2O5S/c1-4-14-29-15-13-27-24-18-9-10-20(32)25(24)34-26(27)19(11-12-28(27,33)23(29)16-18)30(17(2)31)35-21-7-5-6-8-22(21)36-3/h4-10,19,23,26,32-33H,1,11-16H2,2-3H3/t19-,23+,26-,27-,28+/m0/s1. The minimum Gasteiger partial charge on any atom is -0.504 e. The van der Waals surface area contributed by atoms with Crippen LogP contribution >= 0.6 is 11.8 Å². The number of aromatic hydroxyl groups is 1. The molecule has 6 rings (SSSR count).